The van der Waals surface area contributed by atoms with E-state index in [-0.39, 0.29) is 0 Å². The zero-order chi connectivity index (χ0) is 11.8. The van der Waals surface area contributed by atoms with Gasteiger partial charge >= 0.3 is 0 Å². The van der Waals surface area contributed by atoms with E-state index in [0.717, 1.165) is 6.54 Å². The summed E-state index contributed by atoms with van der Waals surface area (Å²) in [6.45, 7) is 3.08. The highest BCUT2D eigenvalue weighted by molar-refractivity contribution is 7.80. The summed E-state index contributed by atoms with van der Waals surface area (Å²) in [5, 5.41) is 17.8. The zero-order valence-corrected chi connectivity index (χ0v) is 9.87. The molecule has 1 aromatic heterocycles. The monoisotopic (exact) mass is 238 g/mol. The number of rotatable bonds is 2. The number of aromatic nitrogens is 2. The number of hydrogen-bond acceptors (Lipinski definition) is 5. The predicted octanol–water partition coefficient (Wildman–Crippen LogP) is 0.0719. The van der Waals surface area contributed by atoms with Gasteiger partial charge in [0.05, 0.1) is 17.4 Å². The molecule has 0 bridgehead atoms. The Labute approximate surface area is 99.3 Å². The van der Waals surface area contributed by atoms with Crippen molar-refractivity contribution in [3.05, 3.63) is 17.8 Å². The number of thiocarbonyl (C=S) groups is 1. The molecule has 0 spiro atoms. The molecule has 0 aliphatic carbocycles. The standard InChI is InChI=1S/C10H14N4OS/c1-10(15)3-5-14(6-10)9-7(8(11)16)2-4-12-13-9/h2,4,15H,3,5-6H2,1H3,(H2,11,16). The zero-order valence-electron chi connectivity index (χ0n) is 9.05. The fourth-order valence-electron chi connectivity index (χ4n) is 1.88. The van der Waals surface area contributed by atoms with E-state index in [2.05, 4.69) is 10.2 Å². The van der Waals surface area contributed by atoms with E-state index in [0.29, 0.717) is 29.3 Å². The lowest BCUT2D eigenvalue weighted by atomic mass is 10.1. The summed E-state index contributed by atoms with van der Waals surface area (Å²) in [4.78, 5) is 2.26. The SMILES string of the molecule is CC1(O)CCN(c2nnccc2C(N)=S)C1. The van der Waals surface area contributed by atoms with Gasteiger partial charge < -0.3 is 15.7 Å². The first-order valence-corrected chi connectivity index (χ1v) is 5.49. The summed E-state index contributed by atoms with van der Waals surface area (Å²) < 4.78 is 0. The predicted molar refractivity (Wildman–Crippen MR) is 65.4 cm³/mol. The van der Waals surface area contributed by atoms with E-state index >= 15 is 0 Å². The van der Waals surface area contributed by atoms with Crippen LogP contribution in [0, 0.1) is 0 Å². The molecule has 0 aromatic carbocycles. The Kier molecular flexibility index (Phi) is 2.77. The van der Waals surface area contributed by atoms with Crippen molar-refractivity contribution in [2.45, 2.75) is 18.9 Å². The number of hydrogen-bond donors (Lipinski definition) is 2. The number of β-amino-alcohol motifs (C(OH)–C–C–N with tert-alkyl or cyclic N) is 1. The Morgan fingerprint density at radius 2 is 2.44 bits per heavy atom. The minimum absolute atomic E-state index is 0.302. The molecule has 0 radical (unpaired) electrons. The summed E-state index contributed by atoms with van der Waals surface area (Å²) in [5.74, 6) is 0.660. The van der Waals surface area contributed by atoms with Crippen LogP contribution in [0.1, 0.15) is 18.9 Å². The summed E-state index contributed by atoms with van der Waals surface area (Å²) in [6, 6.07) is 1.75. The van der Waals surface area contributed by atoms with Crippen molar-refractivity contribution >= 4 is 23.0 Å². The average molecular weight is 238 g/mol. The molecule has 0 amide bonds. The van der Waals surface area contributed by atoms with Gasteiger partial charge in [0.15, 0.2) is 5.82 Å². The smallest absolute Gasteiger partial charge is 0.161 e. The van der Waals surface area contributed by atoms with Gasteiger partial charge in [-0.3, -0.25) is 0 Å². The molecule has 1 unspecified atom stereocenters. The maximum absolute atomic E-state index is 9.90. The van der Waals surface area contributed by atoms with Gasteiger partial charge in [-0.2, -0.15) is 5.10 Å². The molecule has 6 heteroatoms. The molecular formula is C10H14N4OS. The van der Waals surface area contributed by atoms with E-state index in [1.807, 2.05) is 11.8 Å². The maximum atomic E-state index is 9.90. The van der Waals surface area contributed by atoms with Gasteiger partial charge in [-0.05, 0) is 19.4 Å². The average Bonchev–Trinajstić information content (AvgIpc) is 2.59. The highest BCUT2D eigenvalue weighted by atomic mass is 32.1. The van der Waals surface area contributed by atoms with E-state index in [9.17, 15) is 5.11 Å². The van der Waals surface area contributed by atoms with Crippen molar-refractivity contribution in [3.8, 4) is 0 Å². The maximum Gasteiger partial charge on any atom is 0.161 e. The molecular weight excluding hydrogens is 224 g/mol. The van der Waals surface area contributed by atoms with Gasteiger partial charge in [-0.25, -0.2) is 0 Å². The van der Waals surface area contributed by atoms with Crippen LogP contribution in [0.25, 0.3) is 0 Å². The molecule has 1 aliphatic heterocycles. The Morgan fingerprint density at radius 3 is 3.00 bits per heavy atom. The van der Waals surface area contributed by atoms with Crippen LogP contribution in [0.4, 0.5) is 5.82 Å². The van der Waals surface area contributed by atoms with Crippen molar-refractivity contribution in [2.75, 3.05) is 18.0 Å². The van der Waals surface area contributed by atoms with Gasteiger partial charge in [-0.1, -0.05) is 12.2 Å². The van der Waals surface area contributed by atoms with Gasteiger partial charge in [-0.15, -0.1) is 5.10 Å². The molecule has 2 heterocycles. The van der Waals surface area contributed by atoms with E-state index in [4.69, 9.17) is 18.0 Å². The Balaban J connectivity index is 2.31. The van der Waals surface area contributed by atoms with Crippen molar-refractivity contribution in [3.63, 3.8) is 0 Å². The van der Waals surface area contributed by atoms with Gasteiger partial charge in [0.25, 0.3) is 0 Å². The van der Waals surface area contributed by atoms with Crippen LogP contribution in [0.5, 0.6) is 0 Å². The molecule has 1 atom stereocenters. The molecule has 1 aromatic rings. The lowest BCUT2D eigenvalue weighted by Gasteiger charge is -2.21. The van der Waals surface area contributed by atoms with Crippen LogP contribution < -0.4 is 10.6 Å². The molecule has 3 N–H and O–H groups in total. The Hall–Kier alpha value is -1.27. The van der Waals surface area contributed by atoms with Crippen LogP contribution in [0.3, 0.4) is 0 Å². The molecule has 1 fully saturated rings. The number of aliphatic hydroxyl groups is 1. The number of anilines is 1. The van der Waals surface area contributed by atoms with Gasteiger partial charge in [0.1, 0.15) is 4.99 Å². The van der Waals surface area contributed by atoms with Gasteiger partial charge in [0.2, 0.25) is 0 Å². The highest BCUT2D eigenvalue weighted by Gasteiger charge is 2.33. The summed E-state index contributed by atoms with van der Waals surface area (Å²) in [6.07, 6.45) is 2.27. The Morgan fingerprint density at radius 1 is 1.69 bits per heavy atom. The fraction of sp³-hybridized carbons (Fsp3) is 0.500. The quantitative estimate of drug-likeness (QED) is 0.710. The molecule has 86 valence electrons. The fourth-order valence-corrected chi connectivity index (χ4v) is 2.04. The Bertz CT molecular complexity index is 421. The normalized spacial score (nSPS) is 24.8. The first-order valence-electron chi connectivity index (χ1n) is 5.08. The van der Waals surface area contributed by atoms with Crippen molar-refractivity contribution in [2.24, 2.45) is 5.73 Å². The third kappa shape index (κ3) is 2.12. The van der Waals surface area contributed by atoms with E-state index < -0.39 is 5.60 Å². The molecule has 1 saturated heterocycles. The van der Waals surface area contributed by atoms with Gasteiger partial charge in [0, 0.05) is 13.1 Å². The minimum Gasteiger partial charge on any atom is -0.389 e. The first kappa shape index (κ1) is 11.2. The first-order chi connectivity index (χ1) is 7.49. The van der Waals surface area contributed by atoms with Crippen molar-refractivity contribution in [1.29, 1.82) is 0 Å². The summed E-state index contributed by atoms with van der Waals surface area (Å²) in [5.41, 5.74) is 5.66. The summed E-state index contributed by atoms with van der Waals surface area (Å²) in [7, 11) is 0. The minimum atomic E-state index is -0.676. The number of nitrogens with two attached hydrogens (primary N) is 1. The summed E-state index contributed by atoms with van der Waals surface area (Å²) >= 11 is 4.96. The van der Waals surface area contributed by atoms with Crippen LogP contribution >= 0.6 is 12.2 Å². The molecule has 16 heavy (non-hydrogen) atoms. The lowest BCUT2D eigenvalue weighted by Crippen LogP contribution is -2.31. The molecule has 0 saturated carbocycles. The largest absolute Gasteiger partial charge is 0.389 e. The third-order valence-electron chi connectivity index (χ3n) is 2.72. The second-order valence-corrected chi connectivity index (χ2v) is 4.74. The van der Waals surface area contributed by atoms with Crippen LogP contribution in [0.15, 0.2) is 12.3 Å². The van der Waals surface area contributed by atoms with Crippen molar-refractivity contribution < 1.29 is 5.11 Å². The van der Waals surface area contributed by atoms with Crippen LogP contribution in [0.2, 0.25) is 0 Å². The molecule has 5 nitrogen and oxygen atoms in total. The van der Waals surface area contributed by atoms with E-state index in [1.165, 1.54) is 0 Å². The second kappa shape index (κ2) is 3.95. The topological polar surface area (TPSA) is 75.3 Å². The van der Waals surface area contributed by atoms with Crippen LogP contribution in [-0.2, 0) is 0 Å². The third-order valence-corrected chi connectivity index (χ3v) is 2.94. The molecule has 1 aliphatic rings. The number of nitrogens with zero attached hydrogens (tertiary/aromatic N) is 3. The van der Waals surface area contributed by atoms with Crippen LogP contribution in [-0.4, -0.2) is 39.0 Å². The lowest BCUT2D eigenvalue weighted by molar-refractivity contribution is 0.0839. The van der Waals surface area contributed by atoms with Crippen molar-refractivity contribution in [1.82, 2.24) is 10.2 Å². The van der Waals surface area contributed by atoms with E-state index in [1.54, 1.807) is 12.3 Å². The second-order valence-electron chi connectivity index (χ2n) is 4.30. The highest BCUT2D eigenvalue weighted by Crippen LogP contribution is 2.26. The molecule has 2 rings (SSSR count).